The smallest absolute Gasteiger partial charge is 0.260 e. The number of nitriles is 1. The second kappa shape index (κ2) is 4.77. The summed E-state index contributed by atoms with van der Waals surface area (Å²) in [7, 11) is 0. The Morgan fingerprint density at radius 2 is 2.40 bits per heavy atom. The molecule has 0 saturated heterocycles. The molecule has 1 aromatic rings. The van der Waals surface area contributed by atoms with Crippen molar-refractivity contribution in [1.82, 2.24) is 4.98 Å². The lowest BCUT2D eigenvalue weighted by molar-refractivity contribution is -0.114. The van der Waals surface area contributed by atoms with Crippen molar-refractivity contribution in [3.63, 3.8) is 0 Å². The van der Waals surface area contributed by atoms with Crippen molar-refractivity contribution in [2.45, 2.75) is 6.92 Å². The Bertz CT molecular complexity index is 445. The van der Waals surface area contributed by atoms with E-state index in [0.717, 1.165) is 5.69 Å². The van der Waals surface area contributed by atoms with Crippen molar-refractivity contribution < 1.29 is 4.79 Å². The van der Waals surface area contributed by atoms with E-state index < -0.39 is 5.91 Å². The molecule has 0 aliphatic rings. The molecule has 0 atom stereocenters. The molecule has 0 radical (unpaired) electrons. The summed E-state index contributed by atoms with van der Waals surface area (Å²) in [6.45, 7) is 1.84. The first-order valence-electron chi connectivity index (χ1n) is 4.23. The molecular weight excluding hydrogens is 192 g/mol. The minimum atomic E-state index is -0.766. The fourth-order valence-corrected chi connectivity index (χ4v) is 0.928. The van der Waals surface area contributed by atoms with Crippen molar-refractivity contribution in [3.8, 4) is 6.07 Å². The van der Waals surface area contributed by atoms with Crippen molar-refractivity contribution in [2.75, 3.05) is 5.32 Å². The lowest BCUT2D eigenvalue weighted by Gasteiger charge is -2.00. The molecule has 5 nitrogen and oxygen atoms in total. The number of hydrogen-bond donors (Lipinski definition) is 2. The van der Waals surface area contributed by atoms with Gasteiger partial charge in [0.2, 0.25) is 0 Å². The number of nitrogens with one attached hydrogen (secondary N) is 1. The normalized spacial score (nSPS) is 10.5. The van der Waals surface area contributed by atoms with E-state index in [1.807, 2.05) is 19.1 Å². The minimum absolute atomic E-state index is 0.140. The maximum absolute atomic E-state index is 10.7. The summed E-state index contributed by atoms with van der Waals surface area (Å²) in [6.07, 6.45) is 1.24. The predicted octanol–water partition coefficient (Wildman–Crippen LogP) is 0.695. The Kier molecular flexibility index (Phi) is 3.41. The fourth-order valence-electron chi connectivity index (χ4n) is 0.928. The molecule has 5 heteroatoms. The monoisotopic (exact) mass is 202 g/mol. The first-order chi connectivity index (χ1) is 7.13. The number of nitrogens with zero attached hydrogens (tertiary/aromatic N) is 2. The van der Waals surface area contributed by atoms with Crippen molar-refractivity contribution in [2.24, 2.45) is 5.73 Å². The highest BCUT2D eigenvalue weighted by atomic mass is 16.1. The largest absolute Gasteiger partial charge is 0.365 e. The van der Waals surface area contributed by atoms with Gasteiger partial charge in [-0.25, -0.2) is 4.98 Å². The van der Waals surface area contributed by atoms with Gasteiger partial charge in [-0.05, 0) is 19.1 Å². The van der Waals surface area contributed by atoms with Crippen LogP contribution in [-0.4, -0.2) is 10.9 Å². The summed E-state index contributed by atoms with van der Waals surface area (Å²) in [4.78, 5) is 14.8. The molecule has 1 amide bonds. The van der Waals surface area contributed by atoms with Crippen LogP contribution in [0.3, 0.4) is 0 Å². The van der Waals surface area contributed by atoms with Crippen LogP contribution in [0, 0.1) is 18.3 Å². The second-order valence-corrected chi connectivity index (χ2v) is 2.84. The minimum Gasteiger partial charge on any atom is -0.365 e. The molecule has 0 unspecified atom stereocenters. The fraction of sp³-hybridized carbons (Fsp3) is 0.100. The SMILES string of the molecule is Cc1cccc(N/C=C(\C#N)C(N)=O)n1. The van der Waals surface area contributed by atoms with Crippen molar-refractivity contribution in [1.29, 1.82) is 5.26 Å². The van der Waals surface area contributed by atoms with Gasteiger partial charge in [-0.3, -0.25) is 4.79 Å². The van der Waals surface area contributed by atoms with E-state index in [2.05, 4.69) is 10.3 Å². The van der Waals surface area contributed by atoms with E-state index in [0.29, 0.717) is 5.82 Å². The van der Waals surface area contributed by atoms with Gasteiger partial charge < -0.3 is 11.1 Å². The van der Waals surface area contributed by atoms with Gasteiger partial charge >= 0.3 is 0 Å². The van der Waals surface area contributed by atoms with Crippen LogP contribution in [-0.2, 0) is 4.79 Å². The van der Waals surface area contributed by atoms with Crippen LogP contribution < -0.4 is 11.1 Å². The molecule has 0 saturated carbocycles. The third kappa shape index (κ3) is 3.12. The topological polar surface area (TPSA) is 91.8 Å². The summed E-state index contributed by atoms with van der Waals surface area (Å²) in [6, 6.07) is 7.06. The predicted molar refractivity (Wildman–Crippen MR) is 55.5 cm³/mol. The van der Waals surface area contributed by atoms with Crippen LogP contribution in [0.4, 0.5) is 5.82 Å². The average Bonchev–Trinajstić information content (AvgIpc) is 2.18. The third-order valence-corrected chi connectivity index (χ3v) is 1.64. The van der Waals surface area contributed by atoms with E-state index >= 15 is 0 Å². The van der Waals surface area contributed by atoms with Gasteiger partial charge in [-0.1, -0.05) is 6.07 Å². The zero-order valence-corrected chi connectivity index (χ0v) is 8.19. The Morgan fingerprint density at radius 1 is 1.67 bits per heavy atom. The van der Waals surface area contributed by atoms with Crippen LogP contribution in [0.5, 0.6) is 0 Å². The Hall–Kier alpha value is -2.35. The van der Waals surface area contributed by atoms with Crippen LogP contribution >= 0.6 is 0 Å². The molecule has 0 aliphatic heterocycles. The maximum atomic E-state index is 10.7. The van der Waals surface area contributed by atoms with Crippen LogP contribution in [0.25, 0.3) is 0 Å². The molecule has 0 aliphatic carbocycles. The van der Waals surface area contributed by atoms with Gasteiger partial charge in [-0.2, -0.15) is 5.26 Å². The lowest BCUT2D eigenvalue weighted by atomic mass is 10.3. The molecule has 15 heavy (non-hydrogen) atoms. The summed E-state index contributed by atoms with van der Waals surface area (Å²) in [5.41, 5.74) is 5.65. The zero-order valence-electron chi connectivity index (χ0n) is 8.19. The van der Waals surface area contributed by atoms with E-state index in [1.54, 1.807) is 12.1 Å². The molecule has 3 N–H and O–H groups in total. The number of primary amides is 1. The molecule has 0 aromatic carbocycles. The summed E-state index contributed by atoms with van der Waals surface area (Å²) >= 11 is 0. The Balaban J connectivity index is 2.80. The Morgan fingerprint density at radius 3 is 2.93 bits per heavy atom. The third-order valence-electron chi connectivity index (χ3n) is 1.64. The van der Waals surface area contributed by atoms with Gasteiger partial charge in [0.15, 0.2) is 0 Å². The number of anilines is 1. The van der Waals surface area contributed by atoms with Crippen LogP contribution in [0.2, 0.25) is 0 Å². The maximum Gasteiger partial charge on any atom is 0.260 e. The second-order valence-electron chi connectivity index (χ2n) is 2.84. The van der Waals surface area contributed by atoms with Gasteiger partial charge in [0.1, 0.15) is 17.5 Å². The molecule has 1 rings (SSSR count). The molecule has 0 spiro atoms. The molecule has 0 fully saturated rings. The number of carbonyl (C=O) groups excluding carboxylic acids is 1. The number of pyridine rings is 1. The number of hydrogen-bond acceptors (Lipinski definition) is 4. The lowest BCUT2D eigenvalue weighted by Crippen LogP contribution is -2.13. The zero-order chi connectivity index (χ0) is 11.3. The first kappa shape index (κ1) is 10.7. The standard InChI is InChI=1S/C10H10N4O/c1-7-3-2-4-9(14-7)13-6-8(5-11)10(12)15/h2-4,6H,1H3,(H2,12,15)(H,13,14)/b8-6+. The number of carbonyl (C=O) groups is 1. The number of aromatic nitrogens is 1. The van der Waals surface area contributed by atoms with Gasteiger partial charge in [-0.15, -0.1) is 0 Å². The quantitative estimate of drug-likeness (QED) is 0.557. The van der Waals surface area contributed by atoms with Crippen LogP contribution in [0.1, 0.15) is 5.69 Å². The highest BCUT2D eigenvalue weighted by Crippen LogP contribution is 2.04. The number of amides is 1. The molecule has 1 heterocycles. The van der Waals surface area contributed by atoms with Crippen molar-refractivity contribution >= 4 is 11.7 Å². The number of nitrogens with two attached hydrogens (primary N) is 1. The number of aryl methyl sites for hydroxylation is 1. The molecular formula is C10H10N4O. The van der Waals surface area contributed by atoms with Gasteiger partial charge in [0.25, 0.3) is 5.91 Å². The van der Waals surface area contributed by atoms with Gasteiger partial charge in [0, 0.05) is 11.9 Å². The molecule has 76 valence electrons. The van der Waals surface area contributed by atoms with E-state index in [1.165, 1.54) is 6.20 Å². The molecule has 0 bridgehead atoms. The average molecular weight is 202 g/mol. The van der Waals surface area contributed by atoms with Crippen LogP contribution in [0.15, 0.2) is 30.0 Å². The summed E-state index contributed by atoms with van der Waals surface area (Å²) in [5.74, 6) is -0.207. The Labute approximate surface area is 87.2 Å². The highest BCUT2D eigenvalue weighted by molar-refractivity contribution is 5.96. The highest BCUT2D eigenvalue weighted by Gasteiger charge is 2.02. The first-order valence-corrected chi connectivity index (χ1v) is 4.23. The summed E-state index contributed by atoms with van der Waals surface area (Å²) in [5, 5.41) is 11.3. The van der Waals surface area contributed by atoms with E-state index in [9.17, 15) is 4.79 Å². The van der Waals surface area contributed by atoms with E-state index in [4.69, 9.17) is 11.0 Å². The number of rotatable bonds is 3. The van der Waals surface area contributed by atoms with Crippen molar-refractivity contribution in [3.05, 3.63) is 35.7 Å². The van der Waals surface area contributed by atoms with Gasteiger partial charge in [0.05, 0.1) is 0 Å². The summed E-state index contributed by atoms with van der Waals surface area (Å²) < 4.78 is 0. The molecule has 1 aromatic heterocycles. The van der Waals surface area contributed by atoms with E-state index in [-0.39, 0.29) is 5.57 Å².